The van der Waals surface area contributed by atoms with E-state index in [4.69, 9.17) is 9.47 Å². The zero-order chi connectivity index (χ0) is 17.1. The molecule has 2 aromatic carbocycles. The first kappa shape index (κ1) is 16.8. The number of benzene rings is 2. The van der Waals surface area contributed by atoms with Gasteiger partial charge in [0.2, 0.25) is 0 Å². The second kappa shape index (κ2) is 7.23. The van der Waals surface area contributed by atoms with E-state index in [1.54, 1.807) is 17.8 Å². The van der Waals surface area contributed by atoms with Gasteiger partial charge < -0.3 is 9.47 Å². The maximum absolute atomic E-state index is 11.1. The molecule has 0 fully saturated rings. The lowest BCUT2D eigenvalue weighted by molar-refractivity contribution is -0.385. The number of nitrogens with zero attached hydrogens (tertiary/aromatic N) is 1. The van der Waals surface area contributed by atoms with Crippen LogP contribution in [0.25, 0.3) is 0 Å². The Labute approximate surface area is 145 Å². The van der Waals surface area contributed by atoms with E-state index in [1.807, 2.05) is 0 Å². The number of hydrogen-bond donors (Lipinski definition) is 0. The van der Waals surface area contributed by atoms with Gasteiger partial charge in [-0.3, -0.25) is 10.1 Å². The SMILES string of the molecule is Cc1ccc(C)c(CSCc2cc([N+](=O)[O-])cc3c2OCOC3)c1. The van der Waals surface area contributed by atoms with E-state index < -0.39 is 0 Å². The lowest BCUT2D eigenvalue weighted by Gasteiger charge is -2.20. The molecule has 0 spiro atoms. The Hall–Kier alpha value is -2.05. The fraction of sp³-hybridized carbons (Fsp3) is 0.333. The molecule has 0 radical (unpaired) electrons. The maximum Gasteiger partial charge on any atom is 0.270 e. The van der Waals surface area contributed by atoms with Crippen LogP contribution in [-0.4, -0.2) is 11.7 Å². The molecule has 2 aromatic rings. The van der Waals surface area contributed by atoms with Crippen LogP contribution in [0.2, 0.25) is 0 Å². The first-order chi connectivity index (χ1) is 11.5. The second-order valence-corrected chi connectivity index (χ2v) is 6.87. The summed E-state index contributed by atoms with van der Waals surface area (Å²) in [6, 6.07) is 9.57. The topological polar surface area (TPSA) is 61.6 Å². The third-order valence-electron chi connectivity index (χ3n) is 4.00. The third kappa shape index (κ3) is 3.71. The number of nitro groups is 1. The van der Waals surface area contributed by atoms with Crippen molar-refractivity contribution in [2.45, 2.75) is 32.0 Å². The molecule has 1 aliphatic rings. The molecule has 0 aromatic heterocycles. The van der Waals surface area contributed by atoms with Crippen LogP contribution in [0.3, 0.4) is 0 Å². The Morgan fingerprint density at radius 2 is 1.96 bits per heavy atom. The first-order valence-corrected chi connectivity index (χ1v) is 8.84. The van der Waals surface area contributed by atoms with E-state index in [1.165, 1.54) is 22.8 Å². The molecule has 3 rings (SSSR count). The van der Waals surface area contributed by atoms with Crippen molar-refractivity contribution in [2.24, 2.45) is 0 Å². The van der Waals surface area contributed by atoms with Crippen LogP contribution in [-0.2, 0) is 22.8 Å². The van der Waals surface area contributed by atoms with Crippen LogP contribution in [0, 0.1) is 24.0 Å². The van der Waals surface area contributed by atoms with Gasteiger partial charge in [-0.15, -0.1) is 0 Å². The zero-order valence-corrected chi connectivity index (χ0v) is 14.5. The van der Waals surface area contributed by atoms with E-state index in [9.17, 15) is 10.1 Å². The van der Waals surface area contributed by atoms with Crippen LogP contribution in [0.1, 0.15) is 27.8 Å². The summed E-state index contributed by atoms with van der Waals surface area (Å²) in [4.78, 5) is 10.8. The van der Waals surface area contributed by atoms with Gasteiger partial charge in [-0.05, 0) is 25.0 Å². The van der Waals surface area contributed by atoms with Crippen LogP contribution in [0.4, 0.5) is 5.69 Å². The number of nitro benzene ring substituents is 1. The summed E-state index contributed by atoms with van der Waals surface area (Å²) in [6.45, 7) is 4.73. The monoisotopic (exact) mass is 345 g/mol. The molecule has 0 aliphatic carbocycles. The minimum atomic E-state index is -0.367. The molecular weight excluding hydrogens is 326 g/mol. The summed E-state index contributed by atoms with van der Waals surface area (Å²) < 4.78 is 10.8. The molecule has 1 heterocycles. The number of hydrogen-bond acceptors (Lipinski definition) is 5. The van der Waals surface area contributed by atoms with Crippen molar-refractivity contribution < 1.29 is 14.4 Å². The number of aryl methyl sites for hydroxylation is 2. The van der Waals surface area contributed by atoms with Crippen LogP contribution in [0.15, 0.2) is 30.3 Å². The van der Waals surface area contributed by atoms with Crippen molar-refractivity contribution in [2.75, 3.05) is 6.79 Å². The standard InChI is InChI=1S/C18H19NO4S/c1-12-3-4-13(2)15(5-12)9-24-10-16-7-17(19(20)21)6-14-8-22-11-23-18(14)16/h3-7H,8-11H2,1-2H3. The zero-order valence-electron chi connectivity index (χ0n) is 13.7. The van der Waals surface area contributed by atoms with E-state index >= 15 is 0 Å². The van der Waals surface area contributed by atoms with E-state index in [0.29, 0.717) is 12.4 Å². The minimum absolute atomic E-state index is 0.0881. The van der Waals surface area contributed by atoms with E-state index in [0.717, 1.165) is 22.6 Å². The Balaban J connectivity index is 1.78. The molecule has 0 saturated carbocycles. The first-order valence-electron chi connectivity index (χ1n) is 7.69. The molecule has 6 heteroatoms. The second-order valence-electron chi connectivity index (χ2n) is 5.88. The molecule has 5 nitrogen and oxygen atoms in total. The number of non-ortho nitro benzene ring substituents is 1. The molecule has 0 bridgehead atoms. The van der Waals surface area contributed by atoms with Gasteiger partial charge in [0.05, 0.1) is 11.5 Å². The smallest absolute Gasteiger partial charge is 0.270 e. The molecule has 1 aliphatic heterocycles. The summed E-state index contributed by atoms with van der Waals surface area (Å²) >= 11 is 1.73. The maximum atomic E-state index is 11.1. The lowest BCUT2D eigenvalue weighted by atomic mass is 10.1. The molecule has 0 N–H and O–H groups in total. The van der Waals surface area contributed by atoms with Crippen molar-refractivity contribution in [1.29, 1.82) is 0 Å². The largest absolute Gasteiger partial charge is 0.467 e. The van der Waals surface area contributed by atoms with Gasteiger partial charge in [-0.1, -0.05) is 23.8 Å². The summed E-state index contributed by atoms with van der Waals surface area (Å²) in [5.74, 6) is 2.26. The average Bonchev–Trinajstić information content (AvgIpc) is 2.57. The highest BCUT2D eigenvalue weighted by atomic mass is 32.2. The van der Waals surface area contributed by atoms with Crippen LogP contribution < -0.4 is 4.74 Å². The average molecular weight is 345 g/mol. The van der Waals surface area contributed by atoms with Crippen molar-refractivity contribution in [3.63, 3.8) is 0 Å². The fourth-order valence-electron chi connectivity index (χ4n) is 2.72. The van der Waals surface area contributed by atoms with E-state index in [2.05, 4.69) is 32.0 Å². The summed E-state index contributed by atoms with van der Waals surface area (Å²) in [5.41, 5.74) is 5.49. The highest BCUT2D eigenvalue weighted by Gasteiger charge is 2.20. The molecule has 24 heavy (non-hydrogen) atoms. The number of fused-ring (bicyclic) bond motifs is 1. The summed E-state index contributed by atoms with van der Waals surface area (Å²) in [6.07, 6.45) is 0. The fourth-order valence-corrected chi connectivity index (χ4v) is 3.79. The molecular formula is C18H19NO4S. The van der Waals surface area contributed by atoms with Crippen molar-refractivity contribution in [3.8, 4) is 5.75 Å². The van der Waals surface area contributed by atoms with Gasteiger partial charge in [0.1, 0.15) is 5.75 Å². The molecule has 0 atom stereocenters. The van der Waals surface area contributed by atoms with Gasteiger partial charge in [0, 0.05) is 34.8 Å². The number of rotatable bonds is 5. The summed E-state index contributed by atoms with van der Waals surface area (Å²) in [7, 11) is 0. The molecule has 126 valence electrons. The minimum Gasteiger partial charge on any atom is -0.467 e. The number of thioether (sulfide) groups is 1. The lowest BCUT2D eigenvalue weighted by Crippen LogP contribution is -2.13. The molecule has 0 unspecified atom stereocenters. The normalized spacial score (nSPS) is 13.2. The highest BCUT2D eigenvalue weighted by molar-refractivity contribution is 7.97. The molecule has 0 amide bonds. The van der Waals surface area contributed by atoms with Crippen molar-refractivity contribution >= 4 is 17.4 Å². The Morgan fingerprint density at radius 3 is 2.75 bits per heavy atom. The third-order valence-corrected chi connectivity index (χ3v) is 5.03. The van der Waals surface area contributed by atoms with Crippen molar-refractivity contribution in [1.82, 2.24) is 0 Å². The van der Waals surface area contributed by atoms with Gasteiger partial charge in [0.15, 0.2) is 6.79 Å². The van der Waals surface area contributed by atoms with E-state index in [-0.39, 0.29) is 17.4 Å². The van der Waals surface area contributed by atoms with Crippen LogP contribution >= 0.6 is 11.8 Å². The Bertz CT molecular complexity index is 776. The number of ether oxygens (including phenoxy) is 2. The predicted molar refractivity (Wildman–Crippen MR) is 94.3 cm³/mol. The van der Waals surface area contributed by atoms with Gasteiger partial charge in [-0.25, -0.2) is 0 Å². The van der Waals surface area contributed by atoms with Crippen molar-refractivity contribution in [3.05, 3.63) is 68.3 Å². The van der Waals surface area contributed by atoms with Crippen LogP contribution in [0.5, 0.6) is 5.75 Å². The predicted octanol–water partition coefficient (Wildman–Crippen LogP) is 4.51. The van der Waals surface area contributed by atoms with Gasteiger partial charge in [-0.2, -0.15) is 11.8 Å². The highest BCUT2D eigenvalue weighted by Crippen LogP contribution is 2.35. The summed E-state index contributed by atoms with van der Waals surface area (Å²) in [5, 5.41) is 11.1. The van der Waals surface area contributed by atoms with Gasteiger partial charge in [0.25, 0.3) is 5.69 Å². The van der Waals surface area contributed by atoms with Gasteiger partial charge >= 0.3 is 0 Å². The Kier molecular flexibility index (Phi) is 5.06. The Morgan fingerprint density at radius 1 is 1.17 bits per heavy atom. The quantitative estimate of drug-likeness (QED) is 0.589. The molecule has 0 saturated heterocycles.